The number of benzene rings is 1. The van der Waals surface area contributed by atoms with Crippen molar-refractivity contribution < 1.29 is 9.13 Å². The van der Waals surface area contributed by atoms with E-state index in [2.05, 4.69) is 0 Å². The molecule has 14 heavy (non-hydrogen) atoms. The van der Waals surface area contributed by atoms with Gasteiger partial charge in [-0.15, -0.1) is 0 Å². The Kier molecular flexibility index (Phi) is 2.07. The van der Waals surface area contributed by atoms with Crippen molar-refractivity contribution in [2.24, 2.45) is 5.73 Å². The van der Waals surface area contributed by atoms with Crippen LogP contribution in [-0.2, 0) is 0 Å². The summed E-state index contributed by atoms with van der Waals surface area (Å²) in [5, 5.41) is 0. The van der Waals surface area contributed by atoms with E-state index in [9.17, 15) is 4.39 Å². The van der Waals surface area contributed by atoms with Crippen LogP contribution in [-0.4, -0.2) is 12.1 Å². The minimum Gasteiger partial charge on any atom is -0.489 e. The molecule has 3 nitrogen and oxygen atoms in total. The zero-order valence-electron chi connectivity index (χ0n) is 7.79. The second kappa shape index (κ2) is 3.13. The van der Waals surface area contributed by atoms with Crippen LogP contribution >= 0.6 is 0 Å². The van der Waals surface area contributed by atoms with Crippen LogP contribution in [0.15, 0.2) is 18.2 Å². The number of hydrogen-bond acceptors (Lipinski definition) is 3. The molecule has 0 amide bonds. The Bertz CT molecular complexity index is 350. The number of nitrogen functional groups attached to an aromatic ring is 1. The molecule has 1 aromatic rings. The Balaban J connectivity index is 2.04. The molecule has 0 spiro atoms. The summed E-state index contributed by atoms with van der Waals surface area (Å²) in [6.45, 7) is 0.403. The molecule has 1 fully saturated rings. The highest BCUT2D eigenvalue weighted by Crippen LogP contribution is 2.33. The topological polar surface area (TPSA) is 61.3 Å². The first-order valence-electron chi connectivity index (χ1n) is 4.56. The third kappa shape index (κ3) is 1.96. The monoisotopic (exact) mass is 196 g/mol. The maximum Gasteiger partial charge on any atom is 0.145 e. The van der Waals surface area contributed by atoms with E-state index in [4.69, 9.17) is 16.2 Å². The van der Waals surface area contributed by atoms with E-state index < -0.39 is 0 Å². The van der Waals surface area contributed by atoms with Gasteiger partial charge in [-0.05, 0) is 25.0 Å². The summed E-state index contributed by atoms with van der Waals surface area (Å²) < 4.78 is 18.2. The molecule has 1 aromatic carbocycles. The zero-order chi connectivity index (χ0) is 10.2. The molecule has 2 rings (SSSR count). The van der Waals surface area contributed by atoms with Crippen LogP contribution in [0.1, 0.15) is 12.8 Å². The van der Waals surface area contributed by atoms with Gasteiger partial charge in [0.25, 0.3) is 0 Å². The molecule has 0 aromatic heterocycles. The fourth-order valence-corrected chi connectivity index (χ4v) is 1.16. The maximum absolute atomic E-state index is 12.8. The highest BCUT2D eigenvalue weighted by molar-refractivity contribution is 5.52. The number of anilines is 1. The maximum atomic E-state index is 12.8. The first-order valence-corrected chi connectivity index (χ1v) is 4.56. The quantitative estimate of drug-likeness (QED) is 0.716. The predicted molar refractivity (Wildman–Crippen MR) is 52.5 cm³/mol. The molecular weight excluding hydrogens is 183 g/mol. The van der Waals surface area contributed by atoms with Gasteiger partial charge in [0.05, 0.1) is 11.2 Å². The largest absolute Gasteiger partial charge is 0.489 e. The van der Waals surface area contributed by atoms with Crippen molar-refractivity contribution in [1.82, 2.24) is 0 Å². The standard InChI is InChI=1S/C10H13FN2O/c11-7-1-2-8(12)9(5-7)14-6-10(13)3-4-10/h1-2,5H,3-4,6,12-13H2. The Hall–Kier alpha value is -1.29. The summed E-state index contributed by atoms with van der Waals surface area (Å²) in [7, 11) is 0. The lowest BCUT2D eigenvalue weighted by Crippen LogP contribution is -2.29. The van der Waals surface area contributed by atoms with Gasteiger partial charge >= 0.3 is 0 Å². The van der Waals surface area contributed by atoms with Gasteiger partial charge in [0.2, 0.25) is 0 Å². The number of hydrogen-bond donors (Lipinski definition) is 2. The van der Waals surface area contributed by atoms with Crippen LogP contribution in [0.2, 0.25) is 0 Å². The summed E-state index contributed by atoms with van der Waals surface area (Å²) in [5.41, 5.74) is 11.7. The van der Waals surface area contributed by atoms with Crippen molar-refractivity contribution >= 4 is 5.69 Å². The highest BCUT2D eigenvalue weighted by Gasteiger charge is 2.39. The molecule has 76 valence electrons. The molecule has 4 N–H and O–H groups in total. The molecule has 1 saturated carbocycles. The highest BCUT2D eigenvalue weighted by atomic mass is 19.1. The Morgan fingerprint density at radius 1 is 1.43 bits per heavy atom. The Morgan fingerprint density at radius 3 is 2.79 bits per heavy atom. The Morgan fingerprint density at radius 2 is 2.14 bits per heavy atom. The number of halogens is 1. The van der Waals surface area contributed by atoms with E-state index in [0.717, 1.165) is 12.8 Å². The van der Waals surface area contributed by atoms with E-state index in [1.165, 1.54) is 18.2 Å². The van der Waals surface area contributed by atoms with Gasteiger partial charge < -0.3 is 16.2 Å². The summed E-state index contributed by atoms with van der Waals surface area (Å²) in [6, 6.07) is 4.07. The van der Waals surface area contributed by atoms with Gasteiger partial charge in [0.15, 0.2) is 0 Å². The minimum atomic E-state index is -0.351. The van der Waals surface area contributed by atoms with Crippen molar-refractivity contribution in [1.29, 1.82) is 0 Å². The second-order valence-corrected chi connectivity index (χ2v) is 3.83. The predicted octanol–water partition coefficient (Wildman–Crippen LogP) is 1.28. The molecule has 1 aliphatic rings. The van der Waals surface area contributed by atoms with E-state index in [1.807, 2.05) is 0 Å². The molecular formula is C10H13FN2O. The normalized spacial score (nSPS) is 17.9. The molecule has 0 atom stereocenters. The lowest BCUT2D eigenvalue weighted by molar-refractivity contribution is 0.280. The molecule has 0 aliphatic heterocycles. The zero-order valence-corrected chi connectivity index (χ0v) is 7.79. The molecule has 1 aliphatic carbocycles. The molecule has 4 heteroatoms. The summed E-state index contributed by atoms with van der Waals surface area (Å²) in [5.74, 6) is 0.0257. The first kappa shape index (κ1) is 9.27. The first-order chi connectivity index (χ1) is 6.59. The van der Waals surface area contributed by atoms with Gasteiger partial charge in [-0.3, -0.25) is 0 Å². The van der Waals surface area contributed by atoms with Crippen molar-refractivity contribution in [3.63, 3.8) is 0 Å². The van der Waals surface area contributed by atoms with Crippen molar-refractivity contribution in [2.45, 2.75) is 18.4 Å². The van der Waals surface area contributed by atoms with Crippen LogP contribution in [0.25, 0.3) is 0 Å². The minimum absolute atomic E-state index is 0.210. The average Bonchev–Trinajstić information content (AvgIpc) is 2.87. The van der Waals surface area contributed by atoms with E-state index in [-0.39, 0.29) is 11.4 Å². The molecule has 0 bridgehead atoms. The third-order valence-corrected chi connectivity index (χ3v) is 2.38. The van der Waals surface area contributed by atoms with Gasteiger partial charge in [-0.1, -0.05) is 0 Å². The average molecular weight is 196 g/mol. The van der Waals surface area contributed by atoms with Crippen LogP contribution in [0.5, 0.6) is 5.75 Å². The third-order valence-electron chi connectivity index (χ3n) is 2.38. The van der Waals surface area contributed by atoms with Crippen LogP contribution in [0, 0.1) is 5.82 Å². The van der Waals surface area contributed by atoms with Crippen molar-refractivity contribution in [2.75, 3.05) is 12.3 Å². The van der Waals surface area contributed by atoms with Crippen LogP contribution in [0.3, 0.4) is 0 Å². The molecule has 0 unspecified atom stereocenters. The number of ether oxygens (including phenoxy) is 1. The summed E-state index contributed by atoms with van der Waals surface area (Å²) in [4.78, 5) is 0. The summed E-state index contributed by atoms with van der Waals surface area (Å²) >= 11 is 0. The number of rotatable bonds is 3. The SMILES string of the molecule is Nc1ccc(F)cc1OCC1(N)CC1. The van der Waals surface area contributed by atoms with Gasteiger partial charge in [0, 0.05) is 6.07 Å². The fourth-order valence-electron chi connectivity index (χ4n) is 1.16. The van der Waals surface area contributed by atoms with E-state index in [0.29, 0.717) is 18.0 Å². The van der Waals surface area contributed by atoms with Gasteiger partial charge in [-0.25, -0.2) is 4.39 Å². The summed E-state index contributed by atoms with van der Waals surface area (Å²) in [6.07, 6.45) is 1.92. The second-order valence-electron chi connectivity index (χ2n) is 3.83. The molecule has 0 heterocycles. The van der Waals surface area contributed by atoms with E-state index in [1.54, 1.807) is 0 Å². The Labute approximate surface area is 81.8 Å². The smallest absolute Gasteiger partial charge is 0.145 e. The van der Waals surface area contributed by atoms with Crippen molar-refractivity contribution in [3.8, 4) is 5.75 Å². The lowest BCUT2D eigenvalue weighted by Gasteiger charge is -2.12. The van der Waals surface area contributed by atoms with Crippen LogP contribution in [0.4, 0.5) is 10.1 Å². The lowest BCUT2D eigenvalue weighted by atomic mass is 10.3. The van der Waals surface area contributed by atoms with Crippen molar-refractivity contribution in [3.05, 3.63) is 24.0 Å². The van der Waals surface area contributed by atoms with Crippen LogP contribution < -0.4 is 16.2 Å². The fraction of sp³-hybridized carbons (Fsp3) is 0.400. The molecule has 0 radical (unpaired) electrons. The number of nitrogens with two attached hydrogens (primary N) is 2. The van der Waals surface area contributed by atoms with Gasteiger partial charge in [-0.2, -0.15) is 0 Å². The molecule has 0 saturated heterocycles. The van der Waals surface area contributed by atoms with Gasteiger partial charge in [0.1, 0.15) is 18.2 Å². The van der Waals surface area contributed by atoms with E-state index >= 15 is 0 Å².